The molecule has 18 heavy (non-hydrogen) atoms. The Kier molecular flexibility index (Phi) is 2.69. The van der Waals surface area contributed by atoms with Crippen LogP contribution in [0.1, 0.15) is 36.8 Å². The molecular weight excluding hydrogens is 232 g/mol. The predicted molar refractivity (Wildman–Crippen MR) is 69.0 cm³/mol. The van der Waals surface area contributed by atoms with E-state index in [9.17, 15) is 14.9 Å². The van der Waals surface area contributed by atoms with Crippen LogP contribution in [0.15, 0.2) is 18.2 Å². The fourth-order valence-corrected chi connectivity index (χ4v) is 2.03. The minimum absolute atomic E-state index is 0.00920. The number of nitro benzene ring substituents is 1. The Morgan fingerprint density at radius 2 is 2.00 bits per heavy atom. The summed E-state index contributed by atoms with van der Waals surface area (Å²) in [6, 6.07) is 4.50. The molecule has 0 aliphatic carbocycles. The Bertz CT molecular complexity index is 635. The van der Waals surface area contributed by atoms with E-state index in [1.165, 1.54) is 12.1 Å². The van der Waals surface area contributed by atoms with Gasteiger partial charge in [0.15, 0.2) is 6.29 Å². The van der Waals surface area contributed by atoms with Crippen LogP contribution in [0.25, 0.3) is 10.9 Å². The van der Waals surface area contributed by atoms with E-state index in [-0.39, 0.29) is 11.1 Å². The molecule has 0 saturated carbocycles. The van der Waals surface area contributed by atoms with Gasteiger partial charge in [0.1, 0.15) is 0 Å². The maximum absolute atomic E-state index is 11.2. The molecule has 2 aromatic rings. The summed E-state index contributed by atoms with van der Waals surface area (Å²) in [6.45, 7) is 5.96. The monoisotopic (exact) mass is 246 g/mol. The predicted octanol–water partition coefficient (Wildman–Crippen LogP) is 3.19. The van der Waals surface area contributed by atoms with Gasteiger partial charge in [-0.15, -0.1) is 0 Å². The smallest absolute Gasteiger partial charge is 0.270 e. The van der Waals surface area contributed by atoms with Crippen molar-refractivity contribution in [1.82, 2.24) is 4.98 Å². The normalized spacial score (nSPS) is 11.7. The number of nitrogens with one attached hydrogen (secondary N) is 1. The number of aldehydes is 1. The van der Waals surface area contributed by atoms with Crippen molar-refractivity contribution in [2.24, 2.45) is 0 Å². The van der Waals surface area contributed by atoms with Crippen LogP contribution in [0, 0.1) is 10.1 Å². The first-order valence-electron chi connectivity index (χ1n) is 5.60. The van der Waals surface area contributed by atoms with Crippen molar-refractivity contribution in [3.63, 3.8) is 0 Å². The first kappa shape index (κ1) is 12.3. The highest BCUT2D eigenvalue weighted by Crippen LogP contribution is 2.31. The minimum atomic E-state index is -0.461. The molecule has 0 radical (unpaired) electrons. The lowest BCUT2D eigenvalue weighted by atomic mass is 9.89. The molecule has 5 heteroatoms. The number of nitrogens with zero attached hydrogens (tertiary/aromatic N) is 1. The van der Waals surface area contributed by atoms with Crippen molar-refractivity contribution in [2.45, 2.75) is 26.2 Å². The van der Waals surface area contributed by atoms with Crippen LogP contribution < -0.4 is 0 Å². The lowest BCUT2D eigenvalue weighted by Crippen LogP contribution is -2.13. The third-order valence-electron chi connectivity index (χ3n) is 2.90. The van der Waals surface area contributed by atoms with Crippen molar-refractivity contribution >= 4 is 22.9 Å². The number of H-pyrrole nitrogens is 1. The van der Waals surface area contributed by atoms with Crippen LogP contribution in [0.2, 0.25) is 0 Å². The fraction of sp³-hybridized carbons (Fsp3) is 0.308. The van der Waals surface area contributed by atoms with E-state index in [1.807, 2.05) is 20.8 Å². The van der Waals surface area contributed by atoms with E-state index in [0.717, 1.165) is 17.5 Å². The van der Waals surface area contributed by atoms with Gasteiger partial charge >= 0.3 is 0 Å². The third kappa shape index (κ3) is 1.88. The van der Waals surface area contributed by atoms with Gasteiger partial charge < -0.3 is 4.98 Å². The number of benzene rings is 1. The number of carbonyl (C=O) groups excluding carboxylic acids is 1. The fourth-order valence-electron chi connectivity index (χ4n) is 2.03. The molecule has 0 fully saturated rings. The lowest BCUT2D eigenvalue weighted by molar-refractivity contribution is -0.384. The molecular formula is C13H14N2O3. The molecule has 0 atom stereocenters. The molecule has 2 rings (SSSR count). The summed E-state index contributed by atoms with van der Waals surface area (Å²) in [5, 5.41) is 11.4. The van der Waals surface area contributed by atoms with Gasteiger partial charge in [0.2, 0.25) is 0 Å². The molecule has 1 aromatic heterocycles. The summed E-state index contributed by atoms with van der Waals surface area (Å²) >= 11 is 0. The first-order chi connectivity index (χ1) is 8.34. The molecule has 0 amide bonds. The number of hydrogen-bond acceptors (Lipinski definition) is 3. The highest BCUT2D eigenvalue weighted by molar-refractivity contribution is 6.00. The van der Waals surface area contributed by atoms with E-state index < -0.39 is 4.92 Å². The number of aromatic amines is 1. The zero-order valence-corrected chi connectivity index (χ0v) is 10.5. The molecule has 0 saturated heterocycles. The van der Waals surface area contributed by atoms with Crippen LogP contribution >= 0.6 is 0 Å². The summed E-state index contributed by atoms with van der Waals surface area (Å²) in [6.07, 6.45) is 0.753. The molecule has 0 unspecified atom stereocenters. The van der Waals surface area contributed by atoms with Gasteiger partial charge in [-0.05, 0) is 6.07 Å². The second-order valence-electron chi connectivity index (χ2n) is 5.27. The van der Waals surface area contributed by atoms with Crippen LogP contribution in [-0.2, 0) is 5.41 Å². The number of fused-ring (bicyclic) bond motifs is 1. The standard InChI is InChI=1S/C13H14N2O3/c1-13(2,3)12-10(7-16)9-6-8(15(17)18)4-5-11(9)14-12/h4-7,14H,1-3H3. The minimum Gasteiger partial charge on any atom is -0.357 e. The highest BCUT2D eigenvalue weighted by atomic mass is 16.6. The second-order valence-corrected chi connectivity index (χ2v) is 5.27. The molecule has 0 aliphatic heterocycles. The van der Waals surface area contributed by atoms with Gasteiger partial charge in [0, 0.05) is 39.7 Å². The molecule has 5 nitrogen and oxygen atoms in total. The van der Waals surface area contributed by atoms with Crippen LogP contribution in [-0.4, -0.2) is 16.2 Å². The van der Waals surface area contributed by atoms with Crippen LogP contribution in [0.5, 0.6) is 0 Å². The summed E-state index contributed by atoms with van der Waals surface area (Å²) in [5.74, 6) is 0. The number of nitro groups is 1. The average molecular weight is 246 g/mol. The van der Waals surface area contributed by atoms with Crippen molar-refractivity contribution < 1.29 is 9.72 Å². The van der Waals surface area contributed by atoms with E-state index in [1.54, 1.807) is 6.07 Å². The summed E-state index contributed by atoms with van der Waals surface area (Å²) < 4.78 is 0. The Balaban J connectivity index is 2.78. The third-order valence-corrected chi connectivity index (χ3v) is 2.90. The summed E-state index contributed by atoms with van der Waals surface area (Å²) in [5.41, 5.74) is 1.82. The Hall–Kier alpha value is -2.17. The molecule has 1 aromatic carbocycles. The lowest BCUT2D eigenvalue weighted by Gasteiger charge is -2.17. The highest BCUT2D eigenvalue weighted by Gasteiger charge is 2.23. The summed E-state index contributed by atoms with van der Waals surface area (Å²) in [4.78, 5) is 24.7. The maximum atomic E-state index is 11.2. The Labute approximate surface area is 104 Å². The van der Waals surface area contributed by atoms with Gasteiger partial charge in [-0.2, -0.15) is 0 Å². The average Bonchev–Trinajstić information content (AvgIpc) is 2.65. The van der Waals surface area contributed by atoms with Gasteiger partial charge in [-0.3, -0.25) is 14.9 Å². The zero-order valence-electron chi connectivity index (χ0n) is 10.5. The van der Waals surface area contributed by atoms with Gasteiger partial charge in [0.05, 0.1) is 4.92 Å². The van der Waals surface area contributed by atoms with E-state index >= 15 is 0 Å². The first-order valence-corrected chi connectivity index (χ1v) is 5.60. The zero-order chi connectivity index (χ0) is 13.5. The quantitative estimate of drug-likeness (QED) is 0.502. The number of rotatable bonds is 2. The molecule has 1 heterocycles. The molecule has 0 aliphatic rings. The van der Waals surface area contributed by atoms with Crippen molar-refractivity contribution in [3.05, 3.63) is 39.6 Å². The number of carbonyl (C=O) groups is 1. The largest absolute Gasteiger partial charge is 0.357 e. The second kappa shape index (κ2) is 3.94. The van der Waals surface area contributed by atoms with Gasteiger partial charge in [0.25, 0.3) is 5.69 Å². The van der Waals surface area contributed by atoms with Crippen LogP contribution in [0.4, 0.5) is 5.69 Å². The van der Waals surface area contributed by atoms with Crippen LogP contribution in [0.3, 0.4) is 0 Å². The van der Waals surface area contributed by atoms with E-state index in [4.69, 9.17) is 0 Å². The SMILES string of the molecule is CC(C)(C)c1[nH]c2ccc([N+](=O)[O-])cc2c1C=O. The number of non-ortho nitro benzene ring substituents is 1. The number of aromatic nitrogens is 1. The Morgan fingerprint density at radius 1 is 1.33 bits per heavy atom. The van der Waals surface area contributed by atoms with E-state index in [0.29, 0.717) is 10.9 Å². The van der Waals surface area contributed by atoms with E-state index in [2.05, 4.69) is 4.98 Å². The Morgan fingerprint density at radius 3 is 2.50 bits per heavy atom. The molecule has 0 spiro atoms. The van der Waals surface area contributed by atoms with Crippen molar-refractivity contribution in [2.75, 3.05) is 0 Å². The maximum Gasteiger partial charge on any atom is 0.270 e. The summed E-state index contributed by atoms with van der Waals surface area (Å²) in [7, 11) is 0. The van der Waals surface area contributed by atoms with Gasteiger partial charge in [-0.1, -0.05) is 20.8 Å². The molecule has 1 N–H and O–H groups in total. The van der Waals surface area contributed by atoms with Crippen molar-refractivity contribution in [3.8, 4) is 0 Å². The molecule has 0 bridgehead atoms. The number of hydrogen-bond donors (Lipinski definition) is 1. The topological polar surface area (TPSA) is 76.0 Å². The molecule has 94 valence electrons. The van der Waals surface area contributed by atoms with Gasteiger partial charge in [-0.25, -0.2) is 0 Å². The van der Waals surface area contributed by atoms with Crippen molar-refractivity contribution in [1.29, 1.82) is 0 Å².